The van der Waals surface area contributed by atoms with Gasteiger partial charge in [-0.05, 0) is 49.4 Å². The number of benzene rings is 2. The third kappa shape index (κ3) is 5.32. The van der Waals surface area contributed by atoms with E-state index in [1.54, 1.807) is 4.90 Å². The van der Waals surface area contributed by atoms with Gasteiger partial charge in [0.2, 0.25) is 0 Å². The number of piperazine rings is 1. The molecule has 156 valence electrons. The zero-order chi connectivity index (χ0) is 20.9. The van der Waals surface area contributed by atoms with Crippen LogP contribution in [0.5, 0.6) is 5.75 Å². The molecule has 5 nitrogen and oxygen atoms in total. The molecule has 0 spiro atoms. The zero-order valence-corrected chi connectivity index (χ0v) is 18.3. The summed E-state index contributed by atoms with van der Waals surface area (Å²) in [5, 5.41) is 0.838. The monoisotopic (exact) mass is 422 g/mol. The van der Waals surface area contributed by atoms with Gasteiger partial charge in [-0.25, -0.2) is 0 Å². The predicted molar refractivity (Wildman–Crippen MR) is 123 cm³/mol. The summed E-state index contributed by atoms with van der Waals surface area (Å²) < 4.78 is 5.68. The van der Waals surface area contributed by atoms with Crippen molar-refractivity contribution in [3.05, 3.63) is 70.6 Å². The summed E-state index contributed by atoms with van der Waals surface area (Å²) in [6.45, 7) is 9.02. The number of carbonyl (C=O) groups is 1. The number of nitrogens with one attached hydrogen (secondary N) is 1. The average molecular weight is 423 g/mol. The van der Waals surface area contributed by atoms with Gasteiger partial charge < -0.3 is 14.5 Å². The Kier molecular flexibility index (Phi) is 6.55. The molecule has 0 aliphatic carbocycles. The second-order valence-electron chi connectivity index (χ2n) is 7.95. The second kappa shape index (κ2) is 9.49. The molecule has 1 N–H and O–H groups in total. The molecule has 30 heavy (non-hydrogen) atoms. The summed E-state index contributed by atoms with van der Waals surface area (Å²) in [6, 6.07) is 18.5. The van der Waals surface area contributed by atoms with Crippen molar-refractivity contribution in [2.75, 3.05) is 26.2 Å². The molecule has 0 unspecified atom stereocenters. The maximum Gasteiger partial charge on any atom is 0.286 e. The van der Waals surface area contributed by atoms with Crippen molar-refractivity contribution in [1.82, 2.24) is 4.90 Å². The van der Waals surface area contributed by atoms with Gasteiger partial charge in [0.1, 0.15) is 12.3 Å². The molecule has 6 heteroatoms. The lowest BCUT2D eigenvalue weighted by Gasteiger charge is -2.32. The maximum absolute atomic E-state index is 12.4. The first-order valence-corrected chi connectivity index (χ1v) is 11.3. The minimum absolute atomic E-state index is 0.142. The SMILES string of the molecule is CC(C)Oc1ccc(/C=C2\SC(N3CC[NH+](Cc4ccccc4)CC3)=NC2=O)cc1. The number of amidine groups is 1. The zero-order valence-electron chi connectivity index (χ0n) is 17.5. The third-order valence-electron chi connectivity index (χ3n) is 5.20. The molecule has 1 amide bonds. The van der Waals surface area contributed by atoms with Gasteiger partial charge in [-0.1, -0.05) is 42.5 Å². The molecular formula is C24H28N3O2S+. The highest BCUT2D eigenvalue weighted by Gasteiger charge is 2.29. The highest BCUT2D eigenvalue weighted by Crippen LogP contribution is 2.30. The predicted octanol–water partition coefficient (Wildman–Crippen LogP) is 2.84. The molecule has 1 fully saturated rings. The molecular weight excluding hydrogens is 394 g/mol. The van der Waals surface area contributed by atoms with Crippen LogP contribution in [0.2, 0.25) is 0 Å². The molecule has 1 saturated heterocycles. The van der Waals surface area contributed by atoms with E-state index in [0.717, 1.165) is 49.2 Å². The normalized spacial score (nSPS) is 18.9. The lowest BCUT2D eigenvalue weighted by molar-refractivity contribution is -0.917. The van der Waals surface area contributed by atoms with Crippen LogP contribution in [0.4, 0.5) is 0 Å². The Morgan fingerprint density at radius 1 is 1.10 bits per heavy atom. The molecule has 2 aromatic rings. The molecule has 4 rings (SSSR count). The quantitative estimate of drug-likeness (QED) is 0.753. The van der Waals surface area contributed by atoms with E-state index in [1.807, 2.05) is 44.2 Å². The third-order valence-corrected chi connectivity index (χ3v) is 6.24. The number of rotatable bonds is 5. The molecule has 0 radical (unpaired) electrons. The Balaban J connectivity index is 1.32. The Labute approximate surface area is 182 Å². The van der Waals surface area contributed by atoms with Crippen LogP contribution in [0.3, 0.4) is 0 Å². The van der Waals surface area contributed by atoms with Gasteiger partial charge in [0.25, 0.3) is 5.91 Å². The van der Waals surface area contributed by atoms with E-state index < -0.39 is 0 Å². The van der Waals surface area contributed by atoms with Crippen molar-refractivity contribution in [2.45, 2.75) is 26.5 Å². The van der Waals surface area contributed by atoms with Gasteiger partial charge in [-0.15, -0.1) is 0 Å². The number of hydrogen-bond donors (Lipinski definition) is 1. The molecule has 0 aromatic heterocycles. The first-order chi connectivity index (χ1) is 14.6. The topological polar surface area (TPSA) is 46.3 Å². The number of amides is 1. The van der Waals surface area contributed by atoms with Gasteiger partial charge in [0.15, 0.2) is 5.17 Å². The smallest absolute Gasteiger partial charge is 0.286 e. The van der Waals surface area contributed by atoms with Crippen LogP contribution < -0.4 is 9.64 Å². The van der Waals surface area contributed by atoms with Crippen LogP contribution in [-0.4, -0.2) is 48.3 Å². The van der Waals surface area contributed by atoms with E-state index in [4.69, 9.17) is 4.74 Å². The fraction of sp³-hybridized carbons (Fsp3) is 0.333. The Morgan fingerprint density at radius 3 is 2.47 bits per heavy atom. The molecule has 0 bridgehead atoms. The molecule has 0 atom stereocenters. The van der Waals surface area contributed by atoms with Crippen molar-refractivity contribution in [2.24, 2.45) is 4.99 Å². The maximum atomic E-state index is 12.4. The Bertz CT molecular complexity index is 931. The summed E-state index contributed by atoms with van der Waals surface area (Å²) in [5.41, 5.74) is 2.36. The van der Waals surface area contributed by atoms with Crippen molar-refractivity contribution >= 4 is 28.9 Å². The van der Waals surface area contributed by atoms with Crippen molar-refractivity contribution in [1.29, 1.82) is 0 Å². The lowest BCUT2D eigenvalue weighted by atomic mass is 10.2. The minimum Gasteiger partial charge on any atom is -0.491 e. The van der Waals surface area contributed by atoms with Crippen LogP contribution in [-0.2, 0) is 11.3 Å². The standard InChI is InChI=1S/C24H27N3O2S/c1-18(2)29-21-10-8-19(9-11-21)16-22-23(28)25-24(30-22)27-14-12-26(13-15-27)17-20-6-4-3-5-7-20/h3-11,16,18H,12-15,17H2,1-2H3/p+1/b22-16-. The van der Waals surface area contributed by atoms with Gasteiger partial charge in [0, 0.05) is 5.56 Å². The van der Waals surface area contributed by atoms with Gasteiger partial charge in [-0.3, -0.25) is 4.79 Å². The van der Waals surface area contributed by atoms with Gasteiger partial charge in [-0.2, -0.15) is 4.99 Å². The van der Waals surface area contributed by atoms with E-state index in [1.165, 1.54) is 17.3 Å². The number of ether oxygens (including phenoxy) is 1. The molecule has 2 heterocycles. The van der Waals surface area contributed by atoms with Crippen molar-refractivity contribution in [3.8, 4) is 5.75 Å². The molecule has 2 aliphatic rings. The van der Waals surface area contributed by atoms with Gasteiger partial charge in [0.05, 0.1) is 37.2 Å². The van der Waals surface area contributed by atoms with E-state index in [-0.39, 0.29) is 12.0 Å². The number of carbonyl (C=O) groups excluding carboxylic acids is 1. The summed E-state index contributed by atoms with van der Waals surface area (Å²) in [6.07, 6.45) is 2.06. The van der Waals surface area contributed by atoms with Crippen LogP contribution in [0, 0.1) is 0 Å². The second-order valence-corrected chi connectivity index (χ2v) is 8.95. The summed E-state index contributed by atoms with van der Waals surface area (Å²) in [4.78, 5) is 21.2. The van der Waals surface area contributed by atoms with Crippen molar-refractivity contribution in [3.63, 3.8) is 0 Å². The van der Waals surface area contributed by atoms with E-state index in [9.17, 15) is 4.79 Å². The molecule has 2 aliphatic heterocycles. The lowest BCUT2D eigenvalue weighted by Crippen LogP contribution is -3.13. The van der Waals surface area contributed by atoms with E-state index in [2.05, 4.69) is 40.2 Å². The van der Waals surface area contributed by atoms with Crippen LogP contribution >= 0.6 is 11.8 Å². The largest absolute Gasteiger partial charge is 0.491 e. The fourth-order valence-corrected chi connectivity index (χ4v) is 4.64. The summed E-state index contributed by atoms with van der Waals surface area (Å²) >= 11 is 1.49. The minimum atomic E-state index is -0.142. The first-order valence-electron chi connectivity index (χ1n) is 10.5. The highest BCUT2D eigenvalue weighted by atomic mass is 32.2. The average Bonchev–Trinajstić information content (AvgIpc) is 3.11. The Morgan fingerprint density at radius 2 is 1.80 bits per heavy atom. The summed E-state index contributed by atoms with van der Waals surface area (Å²) in [7, 11) is 0. The number of quaternary nitrogens is 1. The highest BCUT2D eigenvalue weighted by molar-refractivity contribution is 8.18. The number of hydrogen-bond acceptors (Lipinski definition) is 4. The summed E-state index contributed by atoms with van der Waals surface area (Å²) in [5.74, 6) is 0.696. The van der Waals surface area contributed by atoms with E-state index in [0.29, 0.717) is 4.91 Å². The first kappa shape index (κ1) is 20.7. The van der Waals surface area contributed by atoms with Crippen LogP contribution in [0.1, 0.15) is 25.0 Å². The molecule has 0 saturated carbocycles. The fourth-order valence-electron chi connectivity index (χ4n) is 3.67. The van der Waals surface area contributed by atoms with E-state index >= 15 is 0 Å². The van der Waals surface area contributed by atoms with Gasteiger partial charge >= 0.3 is 0 Å². The Hall–Kier alpha value is -2.57. The van der Waals surface area contributed by atoms with Crippen LogP contribution in [0.25, 0.3) is 6.08 Å². The number of aliphatic imine (C=N–C) groups is 1. The molecule has 2 aromatic carbocycles. The van der Waals surface area contributed by atoms with Crippen LogP contribution in [0.15, 0.2) is 64.5 Å². The number of nitrogens with zero attached hydrogens (tertiary/aromatic N) is 2. The number of thioether (sulfide) groups is 1. The van der Waals surface area contributed by atoms with Crippen molar-refractivity contribution < 1.29 is 14.4 Å².